The second kappa shape index (κ2) is 30.2. The van der Waals surface area contributed by atoms with E-state index in [1.807, 2.05) is 0 Å². The first-order valence-electron chi connectivity index (χ1n) is 31.6. The van der Waals surface area contributed by atoms with E-state index in [1.165, 1.54) is 33.0 Å². The molecular formula is C66H74Cl2N8O25. The second-order valence-electron chi connectivity index (χ2n) is 25.6. The van der Waals surface area contributed by atoms with Crippen molar-refractivity contribution in [3.8, 4) is 57.1 Å². The Morgan fingerprint density at radius 1 is 0.703 bits per heavy atom. The molecule has 101 heavy (non-hydrogen) atoms. The number of phenols is 3. The van der Waals surface area contributed by atoms with Gasteiger partial charge in [-0.3, -0.25) is 33.6 Å². The number of aliphatic hydroxyl groups excluding tert-OH is 6. The van der Waals surface area contributed by atoms with Crippen LogP contribution in [0.3, 0.4) is 0 Å². The number of hydrogen-bond acceptors (Lipinski definition) is 25. The molecule has 542 valence electrons. The molecule has 5 aromatic rings. The minimum atomic E-state index is -2.39. The van der Waals surface area contributed by atoms with E-state index in [9.17, 15) is 80.1 Å². The molecule has 18 unspecified atom stereocenters. The van der Waals surface area contributed by atoms with Crippen molar-refractivity contribution >= 4 is 70.6 Å². The maximum atomic E-state index is 16.0. The first kappa shape index (κ1) is 74.5. The Balaban J connectivity index is 1.24. The average Bonchev–Trinajstić information content (AvgIpc) is 0.775. The van der Waals surface area contributed by atoms with Crippen molar-refractivity contribution in [2.24, 2.45) is 11.7 Å². The number of carbonyl (C=O) groups excluding carboxylic acids is 6. The van der Waals surface area contributed by atoms with E-state index >= 15 is 14.4 Å². The third kappa shape index (κ3) is 15.8. The van der Waals surface area contributed by atoms with E-state index in [4.69, 9.17) is 57.4 Å². The summed E-state index contributed by atoms with van der Waals surface area (Å²) in [6.07, 6.45) is -18.9. The van der Waals surface area contributed by atoms with Crippen molar-refractivity contribution in [1.82, 2.24) is 37.2 Å². The molecule has 33 nitrogen and oxygen atoms in total. The van der Waals surface area contributed by atoms with Crippen LogP contribution in [-0.2, 0) is 52.6 Å². The standard InChI is InChI=1S/C66H74Cl2N8O25/c1-23(2)12-34(70-5)58(88)75-49-51(83)26-7-10-38(32(67)14-26)97-40-16-28-17-41(55(40)101-65-56(54(86)53(85)42(22-77)99-65)100-44-21-66(4,69)57(87)24(3)96-44)98-39-11-8-27(15-33(39)68)52(84)50-63(93)74-48(64(94)95)31-18-29(78)19-37(80)45(31)30-13-25(6-9-36(30)79)46(60(90)76-50)73-61(91)47(28)72-59(89)35(20-43(81)82)71-62(49)92/h6-11,13-19,23-24,34-35,42,44,46-54,56-57,65,70,77-80,83-87H,12,20-22,69H2,1-5H3,(H,71,92)(H,72,89)(H,73,91)(H,74,93)(H,75,88)(H,76,90)(H,81,82)(H,94,95). The number of amides is 6. The fraction of sp³-hybridized carbons (Fsp3) is 0.424. The summed E-state index contributed by atoms with van der Waals surface area (Å²) in [6.45, 7) is 5.62. The number of likely N-dealkylation sites (N-methyl/N-ethyl adjacent to an activating group) is 1. The number of ether oxygens (including phenoxy) is 6. The number of nitrogens with one attached hydrogen (secondary N) is 7. The Morgan fingerprint density at radius 3 is 1.89 bits per heavy atom. The van der Waals surface area contributed by atoms with Crippen LogP contribution >= 0.6 is 23.2 Å². The number of nitrogens with two attached hydrogens (primary N) is 1. The second-order valence-corrected chi connectivity index (χ2v) is 26.5. The van der Waals surface area contributed by atoms with Crippen molar-refractivity contribution in [2.75, 3.05) is 13.7 Å². The predicted octanol–water partition coefficient (Wildman–Crippen LogP) is 0.706. The summed E-state index contributed by atoms with van der Waals surface area (Å²) < 4.78 is 38.2. The molecule has 35 heteroatoms. The molecule has 7 aliphatic heterocycles. The third-order valence-corrected chi connectivity index (χ3v) is 18.3. The number of halogens is 2. The van der Waals surface area contributed by atoms with Gasteiger partial charge in [-0.25, -0.2) is 4.79 Å². The number of aliphatic carboxylic acids is 2. The van der Waals surface area contributed by atoms with E-state index in [0.29, 0.717) is 0 Å². The van der Waals surface area contributed by atoms with Crippen molar-refractivity contribution < 1.29 is 123 Å². The number of carboxylic acids is 2. The zero-order valence-electron chi connectivity index (χ0n) is 54.2. The number of aliphatic hydroxyl groups is 6. The van der Waals surface area contributed by atoms with E-state index in [0.717, 1.165) is 66.7 Å². The molecule has 0 spiro atoms. The van der Waals surface area contributed by atoms with Gasteiger partial charge in [-0.05, 0) is 110 Å². The van der Waals surface area contributed by atoms with Crippen LogP contribution in [0.15, 0.2) is 78.9 Å². The van der Waals surface area contributed by atoms with Crippen molar-refractivity contribution in [1.29, 1.82) is 0 Å². The Labute approximate surface area is 583 Å². The topological polar surface area (TPSA) is 525 Å². The maximum absolute atomic E-state index is 16.0. The van der Waals surface area contributed by atoms with Gasteiger partial charge in [0.2, 0.25) is 47.5 Å². The maximum Gasteiger partial charge on any atom is 0.330 e. The number of fused-ring (bicyclic) bond motifs is 15. The first-order chi connectivity index (χ1) is 47.7. The molecule has 7 heterocycles. The highest BCUT2D eigenvalue weighted by Crippen LogP contribution is 2.50. The number of rotatable bonds is 13. The molecular weight excluding hydrogens is 1380 g/mol. The van der Waals surface area contributed by atoms with Gasteiger partial charge in [0.1, 0.15) is 89.5 Å². The molecule has 0 saturated carbocycles. The van der Waals surface area contributed by atoms with E-state index in [-0.39, 0.29) is 46.2 Å². The van der Waals surface area contributed by atoms with Gasteiger partial charge in [-0.1, -0.05) is 55.2 Å². The molecule has 0 aromatic heterocycles. The summed E-state index contributed by atoms with van der Waals surface area (Å²) in [4.78, 5) is 116. The van der Waals surface area contributed by atoms with Gasteiger partial charge < -0.3 is 128 Å². The smallest absolute Gasteiger partial charge is 0.330 e. The summed E-state index contributed by atoms with van der Waals surface area (Å²) in [5.41, 5.74) is 2.14. The van der Waals surface area contributed by atoms with Gasteiger partial charge >= 0.3 is 11.9 Å². The Kier molecular flexibility index (Phi) is 22.2. The Hall–Kier alpha value is -9.20. The molecule has 12 rings (SSSR count). The van der Waals surface area contributed by atoms with E-state index in [1.54, 1.807) is 13.8 Å². The molecule has 5 aromatic carbocycles. The molecule has 11 bridgehead atoms. The number of aromatic hydroxyl groups is 3. The molecule has 6 amide bonds. The van der Waals surface area contributed by atoms with Crippen LogP contribution in [0.2, 0.25) is 10.0 Å². The van der Waals surface area contributed by atoms with E-state index in [2.05, 4.69) is 37.2 Å². The third-order valence-electron chi connectivity index (χ3n) is 17.7. The lowest BCUT2D eigenvalue weighted by Crippen LogP contribution is -2.64. The van der Waals surface area contributed by atoms with Gasteiger partial charge in [-0.2, -0.15) is 0 Å². The van der Waals surface area contributed by atoms with Gasteiger partial charge in [-0.15, -0.1) is 0 Å². The van der Waals surface area contributed by atoms with E-state index < -0.39 is 237 Å². The lowest BCUT2D eigenvalue weighted by molar-refractivity contribution is -0.333. The highest BCUT2D eigenvalue weighted by molar-refractivity contribution is 6.32. The Bertz CT molecular complexity index is 4070. The van der Waals surface area contributed by atoms with Crippen LogP contribution < -0.4 is 57.2 Å². The van der Waals surface area contributed by atoms with Crippen molar-refractivity contribution in [2.45, 2.75) is 156 Å². The highest BCUT2D eigenvalue weighted by atomic mass is 35.5. The number of carbonyl (C=O) groups is 8. The SMILES string of the molecule is CNC(CC(C)C)C(=O)NC1C(=O)NC(CC(=O)O)C(=O)NC2C(=O)NC3C(=O)NC(C(=O)NC(C(=O)O)c4cc(O)cc(O)c4-c4cc3ccc4O)C(O)c3ccc(c(Cl)c3)Oc3cc2cc(c3OC2OC(CO)C(O)C(O)C2OC2CC(C)(N)C(O)C(C)O2)Oc2ccc(cc2Cl)C1O. The fourth-order valence-electron chi connectivity index (χ4n) is 12.5. The average molecular weight is 1450 g/mol. The zero-order chi connectivity index (χ0) is 73.5. The van der Waals surface area contributed by atoms with Crippen LogP contribution in [0.5, 0.6) is 46.0 Å². The quantitative estimate of drug-likeness (QED) is 0.0771. The molecule has 18 atom stereocenters. The molecule has 0 radical (unpaired) electrons. The van der Waals surface area contributed by atoms with Crippen LogP contribution in [0.25, 0.3) is 11.1 Å². The highest BCUT2D eigenvalue weighted by Gasteiger charge is 2.51. The van der Waals surface area contributed by atoms with Gasteiger partial charge in [0.25, 0.3) is 0 Å². The number of hydrogen-bond donors (Lipinski definition) is 19. The van der Waals surface area contributed by atoms with Crippen molar-refractivity contribution in [3.05, 3.63) is 117 Å². The van der Waals surface area contributed by atoms with Gasteiger partial charge in [0.05, 0.1) is 41.3 Å². The summed E-state index contributed by atoms with van der Waals surface area (Å²) in [6, 6.07) is -1.14. The molecule has 20 N–H and O–H groups in total. The molecule has 2 fully saturated rings. The van der Waals surface area contributed by atoms with Crippen LogP contribution in [-0.4, -0.2) is 196 Å². The van der Waals surface area contributed by atoms with Gasteiger partial charge in [0.15, 0.2) is 29.9 Å². The monoisotopic (exact) mass is 1450 g/mol. The minimum Gasteiger partial charge on any atom is -0.508 e. The van der Waals surface area contributed by atoms with Crippen LogP contribution in [0, 0.1) is 5.92 Å². The number of phenolic OH excluding ortho intramolecular Hbond substituents is 3. The van der Waals surface area contributed by atoms with Gasteiger partial charge in [0, 0.05) is 34.7 Å². The summed E-state index contributed by atoms with van der Waals surface area (Å²) >= 11 is 14.1. The number of benzene rings is 5. The summed E-state index contributed by atoms with van der Waals surface area (Å²) in [7, 11) is 1.46. The lowest BCUT2D eigenvalue weighted by Gasteiger charge is -2.47. The molecule has 0 aliphatic carbocycles. The molecule has 2 saturated heterocycles. The Morgan fingerprint density at radius 2 is 1.31 bits per heavy atom. The normalized spacial score (nSPS) is 29.4. The predicted molar refractivity (Wildman–Crippen MR) is 348 cm³/mol. The zero-order valence-corrected chi connectivity index (χ0v) is 55.7. The molecule has 7 aliphatic rings. The fourth-order valence-corrected chi connectivity index (χ4v) is 12.9. The summed E-state index contributed by atoms with van der Waals surface area (Å²) in [5.74, 6) is -16.8. The largest absolute Gasteiger partial charge is 0.508 e. The lowest BCUT2D eigenvalue weighted by atomic mass is 9.86. The van der Waals surface area contributed by atoms with Crippen LogP contribution in [0.1, 0.15) is 105 Å². The first-order valence-corrected chi connectivity index (χ1v) is 32.3. The summed E-state index contributed by atoms with van der Waals surface area (Å²) in [5, 5.41) is 141. The minimum absolute atomic E-state index is 0.111. The van der Waals surface area contributed by atoms with Crippen LogP contribution in [0.4, 0.5) is 0 Å². The van der Waals surface area contributed by atoms with Crippen molar-refractivity contribution in [3.63, 3.8) is 0 Å². The number of carboxylic acid groups (broad SMARTS) is 2.